The SMILES string of the molecule is CC(C)(NC(=O)c1ccc(C(F)(F)F)cc1)c1cccnc1. The van der Waals surface area contributed by atoms with Crippen LogP contribution >= 0.6 is 0 Å². The number of nitrogens with zero attached hydrogens (tertiary/aromatic N) is 1. The molecule has 6 heteroatoms. The summed E-state index contributed by atoms with van der Waals surface area (Å²) in [4.78, 5) is 16.2. The summed E-state index contributed by atoms with van der Waals surface area (Å²) in [5.41, 5.74) is -0.496. The van der Waals surface area contributed by atoms with Gasteiger partial charge in [-0.1, -0.05) is 6.07 Å². The van der Waals surface area contributed by atoms with Gasteiger partial charge in [0, 0.05) is 18.0 Å². The predicted molar refractivity (Wildman–Crippen MR) is 76.2 cm³/mol. The highest BCUT2D eigenvalue weighted by molar-refractivity contribution is 5.94. The van der Waals surface area contributed by atoms with Crippen LogP contribution in [0.2, 0.25) is 0 Å². The minimum absolute atomic E-state index is 0.171. The van der Waals surface area contributed by atoms with Crippen molar-refractivity contribution in [2.24, 2.45) is 0 Å². The summed E-state index contributed by atoms with van der Waals surface area (Å²) in [6.07, 6.45) is -1.16. The van der Waals surface area contributed by atoms with Crippen molar-refractivity contribution in [2.45, 2.75) is 25.6 Å². The minimum Gasteiger partial charge on any atom is -0.343 e. The van der Waals surface area contributed by atoms with Crippen LogP contribution in [0, 0.1) is 0 Å². The number of aromatic nitrogens is 1. The Morgan fingerprint density at radius 2 is 1.68 bits per heavy atom. The molecular weight excluding hydrogens is 293 g/mol. The van der Waals surface area contributed by atoms with Crippen molar-refractivity contribution >= 4 is 5.91 Å². The number of amides is 1. The van der Waals surface area contributed by atoms with Gasteiger partial charge < -0.3 is 5.32 Å². The molecule has 0 bridgehead atoms. The molecule has 0 unspecified atom stereocenters. The molecule has 1 heterocycles. The summed E-state index contributed by atoms with van der Waals surface area (Å²) in [6, 6.07) is 7.69. The number of carbonyl (C=O) groups is 1. The number of alkyl halides is 3. The number of benzene rings is 1. The van der Waals surface area contributed by atoms with Gasteiger partial charge in [-0.25, -0.2) is 0 Å². The second-order valence-electron chi connectivity index (χ2n) is 5.40. The van der Waals surface area contributed by atoms with Gasteiger partial charge in [-0.05, 0) is 49.7 Å². The Labute approximate surface area is 126 Å². The number of hydrogen-bond donors (Lipinski definition) is 1. The zero-order chi connectivity index (χ0) is 16.4. The van der Waals surface area contributed by atoms with Crippen molar-refractivity contribution in [1.29, 1.82) is 0 Å². The second-order valence-corrected chi connectivity index (χ2v) is 5.40. The van der Waals surface area contributed by atoms with Crippen LogP contribution in [-0.4, -0.2) is 10.9 Å². The van der Waals surface area contributed by atoms with E-state index in [0.717, 1.165) is 29.8 Å². The first-order valence-corrected chi connectivity index (χ1v) is 6.60. The average Bonchev–Trinajstić information content (AvgIpc) is 2.47. The third-order valence-corrected chi connectivity index (χ3v) is 3.28. The van der Waals surface area contributed by atoms with Crippen molar-refractivity contribution in [1.82, 2.24) is 10.3 Å². The van der Waals surface area contributed by atoms with E-state index in [-0.39, 0.29) is 5.56 Å². The third kappa shape index (κ3) is 3.63. The fraction of sp³-hybridized carbons (Fsp3) is 0.250. The molecule has 0 fully saturated rings. The number of carbonyl (C=O) groups excluding carboxylic acids is 1. The van der Waals surface area contributed by atoms with E-state index in [1.54, 1.807) is 32.3 Å². The molecule has 2 aromatic rings. The summed E-state index contributed by atoms with van der Waals surface area (Å²) in [7, 11) is 0. The molecule has 0 atom stereocenters. The van der Waals surface area contributed by atoms with Gasteiger partial charge in [0.05, 0.1) is 11.1 Å². The van der Waals surface area contributed by atoms with E-state index in [0.29, 0.717) is 0 Å². The molecule has 1 N–H and O–H groups in total. The summed E-state index contributed by atoms with van der Waals surface area (Å²) < 4.78 is 37.5. The standard InChI is InChI=1S/C16H15F3N2O/c1-15(2,13-4-3-9-20-10-13)21-14(22)11-5-7-12(8-6-11)16(17,18)19/h3-10H,1-2H3,(H,21,22). The Morgan fingerprint density at radius 1 is 1.05 bits per heavy atom. The van der Waals surface area contributed by atoms with E-state index in [1.807, 2.05) is 6.07 Å². The largest absolute Gasteiger partial charge is 0.416 e. The van der Waals surface area contributed by atoms with E-state index in [1.165, 1.54) is 0 Å². The molecule has 3 nitrogen and oxygen atoms in total. The first-order chi connectivity index (χ1) is 10.2. The molecule has 0 saturated carbocycles. The fourth-order valence-corrected chi connectivity index (χ4v) is 1.97. The normalized spacial score (nSPS) is 12.0. The van der Waals surface area contributed by atoms with Gasteiger partial charge in [0.15, 0.2) is 0 Å². The molecule has 0 radical (unpaired) electrons. The highest BCUT2D eigenvalue weighted by atomic mass is 19.4. The maximum absolute atomic E-state index is 12.5. The molecule has 22 heavy (non-hydrogen) atoms. The minimum atomic E-state index is -4.41. The molecule has 0 aliphatic heterocycles. The van der Waals surface area contributed by atoms with Crippen molar-refractivity contribution in [3.05, 3.63) is 65.5 Å². The molecule has 0 aliphatic rings. The molecule has 0 spiro atoms. The topological polar surface area (TPSA) is 42.0 Å². The zero-order valence-corrected chi connectivity index (χ0v) is 12.1. The quantitative estimate of drug-likeness (QED) is 0.938. The lowest BCUT2D eigenvalue weighted by atomic mass is 9.95. The molecule has 1 aromatic carbocycles. The average molecular weight is 308 g/mol. The fourth-order valence-electron chi connectivity index (χ4n) is 1.97. The van der Waals surface area contributed by atoms with Crippen LogP contribution in [0.5, 0.6) is 0 Å². The van der Waals surface area contributed by atoms with Crippen LogP contribution in [-0.2, 0) is 11.7 Å². The number of rotatable bonds is 3. The Hall–Kier alpha value is -2.37. The lowest BCUT2D eigenvalue weighted by molar-refractivity contribution is -0.137. The Kier molecular flexibility index (Phi) is 4.21. The highest BCUT2D eigenvalue weighted by Gasteiger charge is 2.30. The maximum Gasteiger partial charge on any atom is 0.416 e. The van der Waals surface area contributed by atoms with E-state index >= 15 is 0 Å². The number of pyridine rings is 1. The van der Waals surface area contributed by atoms with Gasteiger partial charge in [0.1, 0.15) is 0 Å². The van der Waals surface area contributed by atoms with Crippen LogP contribution in [0.25, 0.3) is 0 Å². The van der Waals surface area contributed by atoms with Crippen molar-refractivity contribution in [3.8, 4) is 0 Å². The van der Waals surface area contributed by atoms with Crippen molar-refractivity contribution < 1.29 is 18.0 Å². The summed E-state index contributed by atoms with van der Waals surface area (Å²) in [5, 5.41) is 2.79. The number of hydrogen-bond acceptors (Lipinski definition) is 2. The van der Waals surface area contributed by atoms with Gasteiger partial charge in [-0.2, -0.15) is 13.2 Å². The van der Waals surface area contributed by atoms with Gasteiger partial charge in [0.2, 0.25) is 0 Å². The van der Waals surface area contributed by atoms with Gasteiger partial charge in [-0.3, -0.25) is 9.78 Å². The first kappa shape index (κ1) is 16.0. The maximum atomic E-state index is 12.5. The Bertz CT molecular complexity index is 649. The van der Waals surface area contributed by atoms with E-state index in [4.69, 9.17) is 0 Å². The smallest absolute Gasteiger partial charge is 0.343 e. The molecule has 0 aliphatic carbocycles. The van der Waals surface area contributed by atoms with Gasteiger partial charge in [-0.15, -0.1) is 0 Å². The van der Waals surface area contributed by atoms with Crippen molar-refractivity contribution in [2.75, 3.05) is 0 Å². The Morgan fingerprint density at radius 3 is 2.18 bits per heavy atom. The molecular formula is C16H15F3N2O. The Balaban J connectivity index is 2.15. The lowest BCUT2D eigenvalue weighted by Crippen LogP contribution is -2.41. The number of halogens is 3. The van der Waals surface area contributed by atoms with Gasteiger partial charge in [0.25, 0.3) is 5.91 Å². The monoisotopic (exact) mass is 308 g/mol. The lowest BCUT2D eigenvalue weighted by Gasteiger charge is -2.26. The zero-order valence-electron chi connectivity index (χ0n) is 12.1. The van der Waals surface area contributed by atoms with E-state index in [2.05, 4.69) is 10.3 Å². The van der Waals surface area contributed by atoms with Crippen LogP contribution in [0.1, 0.15) is 35.3 Å². The molecule has 1 amide bonds. The molecule has 116 valence electrons. The van der Waals surface area contributed by atoms with Gasteiger partial charge >= 0.3 is 6.18 Å². The molecule has 1 aromatic heterocycles. The second kappa shape index (κ2) is 5.79. The highest BCUT2D eigenvalue weighted by Crippen LogP contribution is 2.29. The number of nitrogens with one attached hydrogen (secondary N) is 1. The summed E-state index contributed by atoms with van der Waals surface area (Å²) in [6.45, 7) is 3.60. The summed E-state index contributed by atoms with van der Waals surface area (Å²) >= 11 is 0. The third-order valence-electron chi connectivity index (χ3n) is 3.28. The molecule has 2 rings (SSSR count). The first-order valence-electron chi connectivity index (χ1n) is 6.60. The van der Waals surface area contributed by atoms with E-state index < -0.39 is 23.2 Å². The predicted octanol–water partition coefficient (Wildman–Crippen LogP) is 3.77. The van der Waals surface area contributed by atoms with Crippen molar-refractivity contribution in [3.63, 3.8) is 0 Å². The van der Waals surface area contributed by atoms with Crippen LogP contribution in [0.15, 0.2) is 48.8 Å². The van der Waals surface area contributed by atoms with Crippen LogP contribution in [0.3, 0.4) is 0 Å². The van der Waals surface area contributed by atoms with Crippen LogP contribution in [0.4, 0.5) is 13.2 Å². The molecule has 0 saturated heterocycles. The van der Waals surface area contributed by atoms with E-state index in [9.17, 15) is 18.0 Å². The van der Waals surface area contributed by atoms with Crippen LogP contribution < -0.4 is 5.32 Å². The summed E-state index contributed by atoms with van der Waals surface area (Å²) in [5.74, 6) is -0.442.